The van der Waals surface area contributed by atoms with Crippen molar-refractivity contribution in [2.75, 3.05) is 25.0 Å². The van der Waals surface area contributed by atoms with E-state index in [1.807, 2.05) is 24.1 Å². The molecule has 1 atom stereocenters. The average molecular weight is 300 g/mol. The van der Waals surface area contributed by atoms with Crippen LogP contribution in [0, 0.1) is 0 Å². The summed E-state index contributed by atoms with van der Waals surface area (Å²) in [5, 5.41) is 8.01. The molecule has 6 nitrogen and oxygen atoms in total. The van der Waals surface area contributed by atoms with E-state index in [1.54, 1.807) is 13.1 Å². The third-order valence-electron chi connectivity index (χ3n) is 3.63. The lowest BCUT2D eigenvalue weighted by atomic mass is 10.0. The van der Waals surface area contributed by atoms with Gasteiger partial charge in [0.1, 0.15) is 0 Å². The van der Waals surface area contributed by atoms with Crippen LogP contribution in [0.5, 0.6) is 0 Å². The molecule has 1 aliphatic rings. The normalized spacial score (nSPS) is 17.2. The summed E-state index contributed by atoms with van der Waals surface area (Å²) < 4.78 is 0. The summed E-state index contributed by atoms with van der Waals surface area (Å²) in [6.07, 6.45) is 3.54. The van der Waals surface area contributed by atoms with E-state index >= 15 is 0 Å². The van der Waals surface area contributed by atoms with Crippen molar-refractivity contribution in [1.82, 2.24) is 15.1 Å². The first kappa shape index (κ1) is 16.7. The van der Waals surface area contributed by atoms with E-state index < -0.39 is 6.04 Å². The van der Waals surface area contributed by atoms with E-state index in [0.717, 1.165) is 31.7 Å². The molecule has 0 unspecified atom stereocenters. The summed E-state index contributed by atoms with van der Waals surface area (Å²) >= 11 is 0. The zero-order valence-electron chi connectivity index (χ0n) is 11.9. The zero-order chi connectivity index (χ0) is 13.8. The van der Waals surface area contributed by atoms with Crippen LogP contribution in [0.25, 0.3) is 0 Å². The second-order valence-corrected chi connectivity index (χ2v) is 5.04. The topological polar surface area (TPSA) is 75.4 Å². The molecule has 2 N–H and O–H groups in total. The highest BCUT2D eigenvalue weighted by molar-refractivity contribution is 5.85. The maximum atomic E-state index is 11.8. The molecule has 0 saturated carbocycles. The standard InChI is InChI=1S/C13H21N5O.ClH/c1-10(14)13(19)18-8-5-11(6-9-18)17(2)12-4-3-7-15-16-12;/h3-4,7,10-11H,5-6,8-9,14H2,1-2H3;1H/t10-;/m1./s1. The quantitative estimate of drug-likeness (QED) is 0.888. The predicted octanol–water partition coefficient (Wildman–Crippen LogP) is 0.673. The molecule has 1 aromatic heterocycles. The molecule has 20 heavy (non-hydrogen) atoms. The molecule has 112 valence electrons. The number of piperidine rings is 1. The number of halogens is 1. The fourth-order valence-corrected chi connectivity index (χ4v) is 2.43. The Kier molecular flexibility index (Phi) is 6.16. The number of hydrogen-bond donors (Lipinski definition) is 1. The van der Waals surface area contributed by atoms with Gasteiger partial charge in [0, 0.05) is 32.4 Å². The van der Waals surface area contributed by atoms with Crippen molar-refractivity contribution in [2.45, 2.75) is 31.8 Å². The highest BCUT2D eigenvalue weighted by Crippen LogP contribution is 2.20. The predicted molar refractivity (Wildman–Crippen MR) is 80.9 cm³/mol. The molecule has 1 amide bonds. The van der Waals surface area contributed by atoms with Crippen molar-refractivity contribution in [2.24, 2.45) is 5.73 Å². The molecule has 0 aliphatic carbocycles. The smallest absolute Gasteiger partial charge is 0.239 e. The molecule has 0 spiro atoms. The molecule has 1 fully saturated rings. The number of anilines is 1. The Labute approximate surface area is 125 Å². The van der Waals surface area contributed by atoms with Crippen molar-refractivity contribution >= 4 is 24.1 Å². The summed E-state index contributed by atoms with van der Waals surface area (Å²) in [5.74, 6) is 0.917. The van der Waals surface area contributed by atoms with Crippen LogP contribution in [-0.4, -0.2) is 53.2 Å². The maximum Gasteiger partial charge on any atom is 0.239 e. The van der Waals surface area contributed by atoms with E-state index in [-0.39, 0.29) is 18.3 Å². The second kappa shape index (κ2) is 7.40. The number of nitrogens with zero attached hydrogens (tertiary/aromatic N) is 4. The van der Waals surface area contributed by atoms with Crippen LogP contribution in [0.2, 0.25) is 0 Å². The average Bonchev–Trinajstić information content (AvgIpc) is 2.46. The number of aromatic nitrogens is 2. The highest BCUT2D eigenvalue weighted by Gasteiger charge is 2.27. The fourth-order valence-electron chi connectivity index (χ4n) is 2.43. The lowest BCUT2D eigenvalue weighted by Crippen LogP contribution is -2.49. The largest absolute Gasteiger partial charge is 0.355 e. The van der Waals surface area contributed by atoms with Crippen LogP contribution < -0.4 is 10.6 Å². The van der Waals surface area contributed by atoms with E-state index in [2.05, 4.69) is 15.1 Å². The van der Waals surface area contributed by atoms with Gasteiger partial charge < -0.3 is 15.5 Å². The van der Waals surface area contributed by atoms with Crippen LogP contribution in [0.4, 0.5) is 5.82 Å². The molecule has 7 heteroatoms. The minimum atomic E-state index is -0.408. The molecule has 0 radical (unpaired) electrons. The SMILES string of the molecule is C[C@@H](N)C(=O)N1CCC(N(C)c2cccnn2)CC1.Cl. The molecule has 2 rings (SSSR count). The lowest BCUT2D eigenvalue weighted by molar-refractivity contribution is -0.133. The Morgan fingerprint density at radius 3 is 2.65 bits per heavy atom. The molecular weight excluding hydrogens is 278 g/mol. The molecular formula is C13H22ClN5O. The molecule has 2 heterocycles. The van der Waals surface area contributed by atoms with Crippen LogP contribution in [-0.2, 0) is 4.79 Å². The van der Waals surface area contributed by atoms with Crippen LogP contribution in [0.3, 0.4) is 0 Å². The third-order valence-corrected chi connectivity index (χ3v) is 3.63. The van der Waals surface area contributed by atoms with Crippen LogP contribution in [0.1, 0.15) is 19.8 Å². The monoisotopic (exact) mass is 299 g/mol. The Bertz CT molecular complexity index is 420. The summed E-state index contributed by atoms with van der Waals surface area (Å²) in [7, 11) is 2.03. The van der Waals surface area contributed by atoms with Crippen molar-refractivity contribution in [3.05, 3.63) is 18.3 Å². The van der Waals surface area contributed by atoms with E-state index in [9.17, 15) is 4.79 Å². The first-order valence-corrected chi connectivity index (χ1v) is 6.64. The van der Waals surface area contributed by atoms with Crippen molar-refractivity contribution < 1.29 is 4.79 Å². The number of carbonyl (C=O) groups is 1. The molecule has 0 aromatic carbocycles. The number of carbonyl (C=O) groups excluding carboxylic acids is 1. The second-order valence-electron chi connectivity index (χ2n) is 5.04. The van der Waals surface area contributed by atoms with Gasteiger partial charge in [0.2, 0.25) is 5.91 Å². The molecule has 1 saturated heterocycles. The van der Waals surface area contributed by atoms with Crippen molar-refractivity contribution in [3.8, 4) is 0 Å². The summed E-state index contributed by atoms with van der Waals surface area (Å²) in [6.45, 7) is 3.26. The lowest BCUT2D eigenvalue weighted by Gasteiger charge is -2.37. The Hall–Kier alpha value is -1.40. The summed E-state index contributed by atoms with van der Waals surface area (Å²) in [6, 6.07) is 3.82. The molecule has 1 aliphatic heterocycles. The van der Waals surface area contributed by atoms with Gasteiger partial charge in [-0.2, -0.15) is 5.10 Å². The first-order valence-electron chi connectivity index (χ1n) is 6.64. The molecule has 0 bridgehead atoms. The van der Waals surface area contributed by atoms with Crippen LogP contribution in [0.15, 0.2) is 18.3 Å². The number of likely N-dealkylation sites (tertiary alicyclic amines) is 1. The maximum absolute atomic E-state index is 11.8. The van der Waals surface area contributed by atoms with Crippen molar-refractivity contribution in [1.29, 1.82) is 0 Å². The number of hydrogen-bond acceptors (Lipinski definition) is 5. The van der Waals surface area contributed by atoms with Gasteiger partial charge in [-0.15, -0.1) is 17.5 Å². The zero-order valence-corrected chi connectivity index (χ0v) is 12.7. The van der Waals surface area contributed by atoms with E-state index in [4.69, 9.17) is 5.73 Å². The Morgan fingerprint density at radius 2 is 2.15 bits per heavy atom. The van der Waals surface area contributed by atoms with Gasteiger partial charge >= 0.3 is 0 Å². The fraction of sp³-hybridized carbons (Fsp3) is 0.615. The number of nitrogens with two attached hydrogens (primary N) is 1. The van der Waals surface area contributed by atoms with E-state index in [1.165, 1.54) is 0 Å². The Balaban J connectivity index is 0.00000200. The highest BCUT2D eigenvalue weighted by atomic mass is 35.5. The number of amides is 1. The summed E-state index contributed by atoms with van der Waals surface area (Å²) in [5.41, 5.74) is 5.63. The third kappa shape index (κ3) is 3.80. The minimum Gasteiger partial charge on any atom is -0.355 e. The van der Waals surface area contributed by atoms with Gasteiger partial charge in [0.05, 0.1) is 6.04 Å². The Morgan fingerprint density at radius 1 is 1.50 bits per heavy atom. The summed E-state index contributed by atoms with van der Waals surface area (Å²) in [4.78, 5) is 15.8. The van der Waals surface area contributed by atoms with Gasteiger partial charge in [0.25, 0.3) is 0 Å². The number of rotatable bonds is 3. The van der Waals surface area contributed by atoms with Gasteiger partial charge in [-0.3, -0.25) is 4.79 Å². The molecule has 1 aromatic rings. The van der Waals surface area contributed by atoms with Gasteiger partial charge in [0.15, 0.2) is 5.82 Å². The van der Waals surface area contributed by atoms with Gasteiger partial charge in [-0.05, 0) is 31.9 Å². The van der Waals surface area contributed by atoms with Crippen LogP contribution >= 0.6 is 12.4 Å². The van der Waals surface area contributed by atoms with Gasteiger partial charge in [-0.1, -0.05) is 0 Å². The van der Waals surface area contributed by atoms with E-state index in [0.29, 0.717) is 6.04 Å². The van der Waals surface area contributed by atoms with Crippen molar-refractivity contribution in [3.63, 3.8) is 0 Å². The minimum absolute atomic E-state index is 0. The first-order chi connectivity index (χ1) is 9.09. The van der Waals surface area contributed by atoms with Gasteiger partial charge in [-0.25, -0.2) is 0 Å².